The van der Waals surface area contributed by atoms with E-state index in [0.29, 0.717) is 19.6 Å². The first-order chi connectivity index (χ1) is 8.12. The van der Waals surface area contributed by atoms with E-state index in [9.17, 15) is 8.42 Å². The quantitative estimate of drug-likeness (QED) is 0.798. The Morgan fingerprint density at radius 1 is 1.47 bits per heavy atom. The average Bonchev–Trinajstić information content (AvgIpc) is 2.33. The Morgan fingerprint density at radius 3 is 2.94 bits per heavy atom. The molecule has 0 aliphatic carbocycles. The zero-order valence-electron chi connectivity index (χ0n) is 9.62. The van der Waals surface area contributed by atoms with Crippen molar-refractivity contribution in [2.45, 2.75) is 11.8 Å². The lowest BCUT2D eigenvalue weighted by Crippen LogP contribution is -2.49. The van der Waals surface area contributed by atoms with Crippen LogP contribution in [0.3, 0.4) is 0 Å². The van der Waals surface area contributed by atoms with E-state index in [0.717, 1.165) is 5.69 Å². The summed E-state index contributed by atoms with van der Waals surface area (Å²) in [6.07, 6.45) is 1.75. The topological polar surface area (TPSA) is 76.3 Å². The maximum absolute atomic E-state index is 11.7. The van der Waals surface area contributed by atoms with Gasteiger partial charge in [0.05, 0.1) is 16.7 Å². The Bertz CT molecular complexity index is 461. The van der Waals surface area contributed by atoms with Crippen molar-refractivity contribution in [3.05, 3.63) is 30.1 Å². The van der Waals surface area contributed by atoms with Crippen LogP contribution in [0.15, 0.2) is 24.4 Å². The summed E-state index contributed by atoms with van der Waals surface area (Å²) >= 11 is 0. The Hall–Kier alpha value is -0.980. The van der Waals surface area contributed by atoms with E-state index in [1.807, 2.05) is 18.2 Å². The van der Waals surface area contributed by atoms with E-state index >= 15 is 0 Å². The number of pyridine rings is 1. The van der Waals surface area contributed by atoms with E-state index in [1.54, 1.807) is 6.20 Å². The minimum absolute atomic E-state index is 0.195. The smallest absolute Gasteiger partial charge is 0.156 e. The van der Waals surface area contributed by atoms with Crippen LogP contribution in [0.1, 0.15) is 5.69 Å². The number of nitrogens with zero attached hydrogens (tertiary/aromatic N) is 2. The first-order valence-electron chi connectivity index (χ1n) is 5.66. The third kappa shape index (κ3) is 3.02. The highest BCUT2D eigenvalue weighted by atomic mass is 32.2. The highest BCUT2D eigenvalue weighted by molar-refractivity contribution is 7.92. The largest absolute Gasteiger partial charge is 0.329 e. The maximum atomic E-state index is 11.7. The van der Waals surface area contributed by atoms with Crippen molar-refractivity contribution in [2.24, 2.45) is 5.73 Å². The summed E-state index contributed by atoms with van der Waals surface area (Å²) in [5, 5.41) is -0.431. The molecule has 1 fully saturated rings. The molecule has 1 aromatic rings. The molecular formula is C11H17N3O2S. The molecule has 1 aliphatic rings. The lowest BCUT2D eigenvalue weighted by molar-refractivity contribution is 0.264. The minimum atomic E-state index is -2.99. The third-order valence-corrected chi connectivity index (χ3v) is 5.15. The van der Waals surface area contributed by atoms with Crippen LogP contribution in [-0.2, 0) is 16.4 Å². The zero-order chi connectivity index (χ0) is 12.3. The van der Waals surface area contributed by atoms with E-state index in [2.05, 4.69) is 9.88 Å². The normalized spacial score (nSPS) is 24.6. The van der Waals surface area contributed by atoms with Gasteiger partial charge in [-0.05, 0) is 12.1 Å². The summed E-state index contributed by atoms with van der Waals surface area (Å²) in [7, 11) is -2.99. The molecule has 2 heterocycles. The SMILES string of the molecule is NCC1CN(Cc2ccccn2)CCS1(=O)=O. The molecule has 5 nitrogen and oxygen atoms in total. The van der Waals surface area contributed by atoms with Crippen LogP contribution in [0.2, 0.25) is 0 Å². The van der Waals surface area contributed by atoms with Crippen molar-refractivity contribution in [3.63, 3.8) is 0 Å². The molecule has 0 bridgehead atoms. The predicted octanol–water partition coefficient (Wildman–Crippen LogP) is -0.361. The van der Waals surface area contributed by atoms with Crippen molar-refractivity contribution < 1.29 is 8.42 Å². The van der Waals surface area contributed by atoms with Gasteiger partial charge in [0, 0.05) is 32.4 Å². The molecule has 94 valence electrons. The number of hydrogen-bond acceptors (Lipinski definition) is 5. The molecule has 1 aromatic heterocycles. The predicted molar refractivity (Wildman–Crippen MR) is 66.1 cm³/mol. The minimum Gasteiger partial charge on any atom is -0.329 e. The molecule has 0 saturated carbocycles. The van der Waals surface area contributed by atoms with Gasteiger partial charge in [0.1, 0.15) is 0 Å². The summed E-state index contributed by atoms with van der Waals surface area (Å²) in [6.45, 7) is 1.96. The van der Waals surface area contributed by atoms with Crippen LogP contribution in [0.5, 0.6) is 0 Å². The van der Waals surface area contributed by atoms with Gasteiger partial charge < -0.3 is 5.73 Å². The highest BCUT2D eigenvalue weighted by Crippen LogP contribution is 2.13. The molecule has 0 amide bonds. The van der Waals surface area contributed by atoms with Crippen molar-refractivity contribution in [2.75, 3.05) is 25.4 Å². The van der Waals surface area contributed by atoms with Gasteiger partial charge in [-0.2, -0.15) is 0 Å². The van der Waals surface area contributed by atoms with E-state index < -0.39 is 15.1 Å². The van der Waals surface area contributed by atoms with Crippen LogP contribution in [-0.4, -0.2) is 48.9 Å². The van der Waals surface area contributed by atoms with Gasteiger partial charge in [-0.3, -0.25) is 9.88 Å². The Morgan fingerprint density at radius 2 is 2.29 bits per heavy atom. The van der Waals surface area contributed by atoms with Gasteiger partial charge >= 0.3 is 0 Å². The lowest BCUT2D eigenvalue weighted by atomic mass is 10.3. The number of sulfone groups is 1. The average molecular weight is 255 g/mol. The summed E-state index contributed by atoms with van der Waals surface area (Å²) < 4.78 is 23.4. The molecule has 0 radical (unpaired) electrons. The van der Waals surface area contributed by atoms with Gasteiger partial charge in [0.15, 0.2) is 9.84 Å². The van der Waals surface area contributed by atoms with Gasteiger partial charge in [-0.25, -0.2) is 8.42 Å². The van der Waals surface area contributed by atoms with Crippen molar-refractivity contribution in [1.29, 1.82) is 0 Å². The van der Waals surface area contributed by atoms with Crippen molar-refractivity contribution >= 4 is 9.84 Å². The van der Waals surface area contributed by atoms with Gasteiger partial charge in [-0.1, -0.05) is 6.07 Å². The Labute approximate surface area is 102 Å². The molecule has 1 aliphatic heterocycles. The van der Waals surface area contributed by atoms with Crippen LogP contribution < -0.4 is 5.73 Å². The standard InChI is InChI=1S/C11H17N3O2S/c12-7-11-9-14(5-6-17(11,15)16)8-10-3-1-2-4-13-10/h1-4,11H,5-9,12H2. The molecule has 17 heavy (non-hydrogen) atoms. The monoisotopic (exact) mass is 255 g/mol. The van der Waals surface area contributed by atoms with E-state index in [-0.39, 0.29) is 12.3 Å². The first-order valence-corrected chi connectivity index (χ1v) is 7.37. The lowest BCUT2D eigenvalue weighted by Gasteiger charge is -2.31. The van der Waals surface area contributed by atoms with Crippen molar-refractivity contribution in [1.82, 2.24) is 9.88 Å². The molecule has 0 aromatic carbocycles. The Kier molecular flexibility index (Phi) is 3.76. The number of nitrogens with two attached hydrogens (primary N) is 1. The molecular weight excluding hydrogens is 238 g/mol. The summed E-state index contributed by atoms with van der Waals surface area (Å²) in [5.41, 5.74) is 6.47. The second-order valence-corrected chi connectivity index (χ2v) is 6.68. The van der Waals surface area contributed by atoms with Gasteiger partial charge in [0.25, 0.3) is 0 Å². The molecule has 6 heteroatoms. The van der Waals surface area contributed by atoms with E-state index in [1.165, 1.54) is 0 Å². The second kappa shape index (κ2) is 5.12. The van der Waals surface area contributed by atoms with Crippen molar-refractivity contribution in [3.8, 4) is 0 Å². The third-order valence-electron chi connectivity index (χ3n) is 3.04. The molecule has 0 spiro atoms. The van der Waals surface area contributed by atoms with Crippen LogP contribution >= 0.6 is 0 Å². The molecule has 1 atom stereocenters. The molecule has 1 unspecified atom stereocenters. The molecule has 2 N–H and O–H groups in total. The number of rotatable bonds is 3. The fourth-order valence-electron chi connectivity index (χ4n) is 2.00. The van der Waals surface area contributed by atoms with Gasteiger partial charge in [0.2, 0.25) is 0 Å². The second-order valence-electron chi connectivity index (χ2n) is 4.28. The maximum Gasteiger partial charge on any atom is 0.156 e. The molecule has 1 saturated heterocycles. The molecule has 2 rings (SSSR count). The zero-order valence-corrected chi connectivity index (χ0v) is 10.4. The summed E-state index contributed by atoms with van der Waals surface area (Å²) in [5.74, 6) is 0.196. The van der Waals surface area contributed by atoms with Crippen LogP contribution in [0, 0.1) is 0 Å². The fraction of sp³-hybridized carbons (Fsp3) is 0.545. The van der Waals surface area contributed by atoms with Gasteiger partial charge in [-0.15, -0.1) is 0 Å². The van der Waals surface area contributed by atoms with E-state index in [4.69, 9.17) is 5.73 Å². The first kappa shape index (κ1) is 12.5. The summed E-state index contributed by atoms with van der Waals surface area (Å²) in [4.78, 5) is 6.34. The number of aromatic nitrogens is 1. The van der Waals surface area contributed by atoms with Crippen LogP contribution in [0.4, 0.5) is 0 Å². The highest BCUT2D eigenvalue weighted by Gasteiger charge is 2.31. The summed E-state index contributed by atoms with van der Waals surface area (Å²) in [6, 6.07) is 5.75. The Balaban J connectivity index is 2.01. The van der Waals surface area contributed by atoms with Crippen LogP contribution in [0.25, 0.3) is 0 Å². The fourth-order valence-corrected chi connectivity index (χ4v) is 3.58. The number of hydrogen-bond donors (Lipinski definition) is 1.